The van der Waals surface area contributed by atoms with Gasteiger partial charge in [-0.1, -0.05) is 23.7 Å². The molecule has 2 aromatic carbocycles. The van der Waals surface area contributed by atoms with Gasteiger partial charge in [-0.05, 0) is 35.9 Å². The first-order valence-corrected chi connectivity index (χ1v) is 6.07. The van der Waals surface area contributed by atoms with Crippen molar-refractivity contribution in [1.29, 1.82) is 0 Å². The minimum Gasteiger partial charge on any atom is -0.508 e. The van der Waals surface area contributed by atoms with Crippen LogP contribution in [-0.2, 0) is 6.54 Å². The topological polar surface area (TPSA) is 75.3 Å². The lowest BCUT2D eigenvalue weighted by molar-refractivity contribution is 0.102. The van der Waals surface area contributed by atoms with Crippen molar-refractivity contribution < 1.29 is 9.90 Å². The minimum absolute atomic E-state index is 0.00902. The normalized spacial score (nSPS) is 10.2. The van der Waals surface area contributed by atoms with E-state index in [-0.39, 0.29) is 22.2 Å². The van der Waals surface area contributed by atoms with Crippen molar-refractivity contribution in [2.45, 2.75) is 6.54 Å². The van der Waals surface area contributed by atoms with Crippen molar-refractivity contribution in [3.05, 3.63) is 58.6 Å². The Hall–Kier alpha value is -2.04. The third-order valence-electron chi connectivity index (χ3n) is 2.62. The summed E-state index contributed by atoms with van der Waals surface area (Å²) in [5.41, 5.74) is 7.31. The third-order valence-corrected chi connectivity index (χ3v) is 2.94. The van der Waals surface area contributed by atoms with Crippen LogP contribution in [0, 0.1) is 0 Å². The number of benzene rings is 2. The van der Waals surface area contributed by atoms with Gasteiger partial charge < -0.3 is 16.2 Å². The summed E-state index contributed by atoms with van der Waals surface area (Å²) in [6.45, 7) is 0.399. The minimum atomic E-state index is -0.380. The predicted molar refractivity (Wildman–Crippen MR) is 75.4 cm³/mol. The van der Waals surface area contributed by atoms with Crippen LogP contribution in [0.4, 0.5) is 5.69 Å². The van der Waals surface area contributed by atoms with E-state index < -0.39 is 0 Å². The first kappa shape index (κ1) is 13.4. The summed E-state index contributed by atoms with van der Waals surface area (Å²) >= 11 is 5.92. The number of nitrogens with two attached hydrogens (primary N) is 1. The zero-order valence-corrected chi connectivity index (χ0v) is 10.8. The average Bonchev–Trinajstić information content (AvgIpc) is 2.41. The van der Waals surface area contributed by atoms with Crippen LogP contribution < -0.4 is 11.1 Å². The molecule has 2 aromatic rings. The van der Waals surface area contributed by atoms with Crippen LogP contribution in [0.1, 0.15) is 15.9 Å². The molecule has 5 heteroatoms. The van der Waals surface area contributed by atoms with Crippen LogP contribution in [0.2, 0.25) is 5.02 Å². The van der Waals surface area contributed by atoms with Crippen molar-refractivity contribution >= 4 is 23.2 Å². The van der Waals surface area contributed by atoms with Crippen molar-refractivity contribution in [2.24, 2.45) is 5.73 Å². The molecule has 1 amide bonds. The van der Waals surface area contributed by atoms with Crippen LogP contribution in [0.25, 0.3) is 0 Å². The monoisotopic (exact) mass is 276 g/mol. The van der Waals surface area contributed by atoms with E-state index in [2.05, 4.69) is 5.32 Å². The summed E-state index contributed by atoms with van der Waals surface area (Å²) in [6.07, 6.45) is 0. The molecule has 19 heavy (non-hydrogen) atoms. The Morgan fingerprint density at radius 3 is 2.79 bits per heavy atom. The number of halogens is 1. The fraction of sp³-hybridized carbons (Fsp3) is 0.0714. The van der Waals surface area contributed by atoms with Crippen LogP contribution in [-0.4, -0.2) is 11.0 Å². The smallest absolute Gasteiger partial charge is 0.257 e. The molecule has 0 unspecified atom stereocenters. The number of hydrogen-bond acceptors (Lipinski definition) is 3. The van der Waals surface area contributed by atoms with Gasteiger partial charge in [0.05, 0.1) is 10.6 Å². The Balaban J connectivity index is 2.23. The molecule has 0 aromatic heterocycles. The standard InChI is InChI=1S/C14H13ClN2O2/c15-13-5-4-11(18)7-12(13)14(19)17-10-3-1-2-9(6-10)8-16/h1-7,18H,8,16H2,(H,17,19). The number of hydrogen-bond donors (Lipinski definition) is 3. The number of anilines is 1. The second kappa shape index (κ2) is 5.73. The summed E-state index contributed by atoms with van der Waals surface area (Å²) in [5.74, 6) is -0.389. The number of carbonyl (C=O) groups excluding carboxylic acids is 1. The maximum Gasteiger partial charge on any atom is 0.257 e. The van der Waals surface area contributed by atoms with Gasteiger partial charge >= 0.3 is 0 Å². The highest BCUT2D eigenvalue weighted by Crippen LogP contribution is 2.22. The molecule has 0 spiro atoms. The van der Waals surface area contributed by atoms with Crippen LogP contribution >= 0.6 is 11.6 Å². The molecule has 0 aliphatic rings. The van der Waals surface area contributed by atoms with Gasteiger partial charge in [0, 0.05) is 12.2 Å². The molecule has 0 aliphatic carbocycles. The summed E-state index contributed by atoms with van der Waals surface area (Å²) in [4.78, 5) is 12.0. The molecule has 0 saturated carbocycles. The Bertz CT molecular complexity index is 614. The van der Waals surface area contributed by atoms with Crippen LogP contribution in [0.3, 0.4) is 0 Å². The Labute approximate surface area is 115 Å². The van der Waals surface area contributed by atoms with Crippen LogP contribution in [0.5, 0.6) is 5.75 Å². The van der Waals surface area contributed by atoms with Crippen molar-refractivity contribution in [2.75, 3.05) is 5.32 Å². The van der Waals surface area contributed by atoms with E-state index in [9.17, 15) is 9.90 Å². The van der Waals surface area contributed by atoms with Crippen molar-refractivity contribution in [3.8, 4) is 5.75 Å². The molecule has 0 bridgehead atoms. The van der Waals surface area contributed by atoms with Crippen molar-refractivity contribution in [3.63, 3.8) is 0 Å². The van der Waals surface area contributed by atoms with Gasteiger partial charge in [0.2, 0.25) is 0 Å². The number of phenols is 1. The third kappa shape index (κ3) is 3.24. The molecule has 98 valence electrons. The molecule has 0 radical (unpaired) electrons. The first-order chi connectivity index (χ1) is 9.10. The number of phenolic OH excluding ortho intramolecular Hbond substituents is 1. The summed E-state index contributed by atoms with van der Waals surface area (Å²) in [7, 11) is 0. The second-order valence-electron chi connectivity index (χ2n) is 4.02. The molecule has 0 aliphatic heterocycles. The highest BCUT2D eigenvalue weighted by molar-refractivity contribution is 6.34. The largest absolute Gasteiger partial charge is 0.508 e. The first-order valence-electron chi connectivity index (χ1n) is 5.69. The fourth-order valence-corrected chi connectivity index (χ4v) is 1.87. The van der Waals surface area contributed by atoms with E-state index in [4.69, 9.17) is 17.3 Å². The van der Waals surface area contributed by atoms with Gasteiger partial charge in [-0.25, -0.2) is 0 Å². The van der Waals surface area contributed by atoms with Gasteiger partial charge in [-0.3, -0.25) is 4.79 Å². The maximum absolute atomic E-state index is 12.0. The lowest BCUT2D eigenvalue weighted by Gasteiger charge is -2.08. The summed E-state index contributed by atoms with van der Waals surface area (Å²) in [6, 6.07) is 11.4. The molecular weight excluding hydrogens is 264 g/mol. The molecule has 0 atom stereocenters. The highest BCUT2D eigenvalue weighted by Gasteiger charge is 2.11. The van der Waals surface area contributed by atoms with E-state index in [1.165, 1.54) is 18.2 Å². The number of carbonyl (C=O) groups is 1. The van der Waals surface area contributed by atoms with Crippen LogP contribution in [0.15, 0.2) is 42.5 Å². The van der Waals surface area contributed by atoms with E-state index in [1.807, 2.05) is 12.1 Å². The van der Waals surface area contributed by atoms with Gasteiger partial charge in [-0.2, -0.15) is 0 Å². The van der Waals surface area contributed by atoms with E-state index in [0.29, 0.717) is 12.2 Å². The van der Waals surface area contributed by atoms with E-state index in [1.54, 1.807) is 12.1 Å². The molecule has 0 saturated heterocycles. The molecule has 4 N–H and O–H groups in total. The van der Waals surface area contributed by atoms with Crippen molar-refractivity contribution in [1.82, 2.24) is 0 Å². The van der Waals surface area contributed by atoms with E-state index in [0.717, 1.165) is 5.56 Å². The Kier molecular flexibility index (Phi) is 4.04. The molecule has 0 fully saturated rings. The Morgan fingerprint density at radius 1 is 1.26 bits per heavy atom. The zero-order valence-electron chi connectivity index (χ0n) is 10.1. The number of nitrogens with one attached hydrogen (secondary N) is 1. The van der Waals surface area contributed by atoms with Gasteiger partial charge in [0.25, 0.3) is 5.91 Å². The Morgan fingerprint density at radius 2 is 2.05 bits per heavy atom. The second-order valence-corrected chi connectivity index (χ2v) is 4.43. The molecule has 2 rings (SSSR count). The number of amides is 1. The molecule has 0 heterocycles. The highest BCUT2D eigenvalue weighted by atomic mass is 35.5. The predicted octanol–water partition coefficient (Wildman–Crippen LogP) is 2.76. The quantitative estimate of drug-likeness (QED) is 0.807. The summed E-state index contributed by atoms with van der Waals surface area (Å²) in [5, 5.41) is 12.4. The SMILES string of the molecule is NCc1cccc(NC(=O)c2cc(O)ccc2Cl)c1. The lowest BCUT2D eigenvalue weighted by atomic mass is 10.1. The van der Waals surface area contributed by atoms with E-state index >= 15 is 0 Å². The number of rotatable bonds is 3. The molecular formula is C14H13ClN2O2. The fourth-order valence-electron chi connectivity index (χ4n) is 1.66. The zero-order chi connectivity index (χ0) is 13.8. The van der Waals surface area contributed by atoms with Gasteiger partial charge in [-0.15, -0.1) is 0 Å². The number of aromatic hydroxyl groups is 1. The van der Waals surface area contributed by atoms with Gasteiger partial charge in [0.15, 0.2) is 0 Å². The maximum atomic E-state index is 12.0. The molecule has 4 nitrogen and oxygen atoms in total. The van der Waals surface area contributed by atoms with Gasteiger partial charge in [0.1, 0.15) is 5.75 Å². The lowest BCUT2D eigenvalue weighted by Crippen LogP contribution is -2.12. The summed E-state index contributed by atoms with van der Waals surface area (Å²) < 4.78 is 0. The average molecular weight is 277 g/mol.